The van der Waals surface area contributed by atoms with Crippen LogP contribution in [0.1, 0.15) is 24.2 Å². The van der Waals surface area contributed by atoms with Crippen LogP contribution >= 0.6 is 0 Å². The van der Waals surface area contributed by atoms with Crippen molar-refractivity contribution < 1.29 is 14.3 Å². The Morgan fingerprint density at radius 1 is 1.26 bits per heavy atom. The number of rotatable bonds is 4. The van der Waals surface area contributed by atoms with Crippen molar-refractivity contribution in [3.05, 3.63) is 29.8 Å². The number of ether oxygens (including phenoxy) is 1. The van der Waals surface area contributed by atoms with Gasteiger partial charge >= 0.3 is 0 Å². The summed E-state index contributed by atoms with van der Waals surface area (Å²) in [5, 5.41) is 0. The van der Waals surface area contributed by atoms with E-state index in [1.54, 1.807) is 24.3 Å². The van der Waals surface area contributed by atoms with E-state index in [0.717, 1.165) is 0 Å². The second-order valence-electron chi connectivity index (χ2n) is 4.45. The number of hydrogen-bond acceptors (Lipinski definition) is 4. The van der Waals surface area contributed by atoms with Crippen molar-refractivity contribution >= 4 is 11.8 Å². The fourth-order valence-corrected chi connectivity index (χ4v) is 1.34. The summed E-state index contributed by atoms with van der Waals surface area (Å²) in [6, 6.07) is 5.95. The van der Waals surface area contributed by atoms with Crippen LogP contribution in [0.3, 0.4) is 0 Å². The van der Waals surface area contributed by atoms with Crippen LogP contribution < -0.4 is 21.3 Å². The molecule has 6 nitrogen and oxygen atoms in total. The third-order valence-corrected chi connectivity index (χ3v) is 2.65. The van der Waals surface area contributed by atoms with Crippen molar-refractivity contribution in [1.82, 2.24) is 10.9 Å². The summed E-state index contributed by atoms with van der Waals surface area (Å²) in [6.07, 6.45) is 0. The number of nitrogens with one attached hydrogen (secondary N) is 2. The maximum atomic E-state index is 11.8. The number of carbonyl (C=O) groups is 2. The lowest BCUT2D eigenvalue weighted by Gasteiger charge is -2.15. The van der Waals surface area contributed by atoms with Crippen molar-refractivity contribution in [3.63, 3.8) is 0 Å². The summed E-state index contributed by atoms with van der Waals surface area (Å²) in [7, 11) is 1.51. The Morgan fingerprint density at radius 3 is 2.53 bits per heavy atom. The van der Waals surface area contributed by atoms with Crippen LogP contribution in [0.15, 0.2) is 24.3 Å². The first-order valence-electron chi connectivity index (χ1n) is 5.95. The van der Waals surface area contributed by atoms with Gasteiger partial charge in [-0.15, -0.1) is 0 Å². The van der Waals surface area contributed by atoms with E-state index < -0.39 is 17.9 Å². The number of hydrogen-bond donors (Lipinski definition) is 3. The van der Waals surface area contributed by atoms with E-state index in [9.17, 15) is 9.59 Å². The molecule has 0 aromatic heterocycles. The Bertz CT molecular complexity index is 460. The SMILES string of the molecule is COc1cccc(C(=O)NNC(=O)C(N)C(C)C)c1. The van der Waals surface area contributed by atoms with Crippen LogP contribution in [0.5, 0.6) is 5.75 Å². The predicted octanol–water partition coefficient (Wildman–Crippen LogP) is 0.439. The Labute approximate surface area is 112 Å². The number of hydrazine groups is 1. The van der Waals surface area contributed by atoms with Crippen molar-refractivity contribution in [3.8, 4) is 5.75 Å². The van der Waals surface area contributed by atoms with Gasteiger partial charge in [0.25, 0.3) is 11.8 Å². The topological polar surface area (TPSA) is 93.5 Å². The van der Waals surface area contributed by atoms with Gasteiger partial charge in [0.2, 0.25) is 0 Å². The van der Waals surface area contributed by atoms with E-state index in [4.69, 9.17) is 10.5 Å². The molecule has 2 amide bonds. The Hall–Kier alpha value is -2.08. The van der Waals surface area contributed by atoms with Crippen LogP contribution in [0.25, 0.3) is 0 Å². The fourth-order valence-electron chi connectivity index (χ4n) is 1.34. The summed E-state index contributed by atoms with van der Waals surface area (Å²) in [6.45, 7) is 3.66. The largest absolute Gasteiger partial charge is 0.497 e. The number of benzene rings is 1. The lowest BCUT2D eigenvalue weighted by molar-refractivity contribution is -0.124. The molecule has 1 aromatic rings. The van der Waals surface area contributed by atoms with Gasteiger partial charge in [0.05, 0.1) is 13.2 Å². The van der Waals surface area contributed by atoms with Crippen LogP contribution in [0.4, 0.5) is 0 Å². The van der Waals surface area contributed by atoms with Gasteiger partial charge in [0.1, 0.15) is 5.75 Å². The van der Waals surface area contributed by atoms with Gasteiger partial charge in [0, 0.05) is 5.56 Å². The van der Waals surface area contributed by atoms with Crippen molar-refractivity contribution in [2.24, 2.45) is 11.7 Å². The number of carbonyl (C=O) groups excluding carboxylic acids is 2. The molecule has 0 heterocycles. The third kappa shape index (κ3) is 4.26. The lowest BCUT2D eigenvalue weighted by atomic mass is 10.1. The average Bonchev–Trinajstić information content (AvgIpc) is 2.43. The minimum atomic E-state index is -0.661. The molecule has 1 atom stereocenters. The summed E-state index contributed by atoms with van der Waals surface area (Å²) >= 11 is 0. The zero-order valence-electron chi connectivity index (χ0n) is 11.3. The van der Waals surface area contributed by atoms with Gasteiger partial charge < -0.3 is 10.5 Å². The first-order valence-corrected chi connectivity index (χ1v) is 5.95. The molecule has 19 heavy (non-hydrogen) atoms. The molecule has 0 saturated carbocycles. The zero-order chi connectivity index (χ0) is 14.4. The summed E-state index contributed by atoms with van der Waals surface area (Å²) < 4.78 is 5.01. The highest BCUT2D eigenvalue weighted by Gasteiger charge is 2.17. The van der Waals surface area contributed by atoms with Crippen LogP contribution in [0.2, 0.25) is 0 Å². The zero-order valence-corrected chi connectivity index (χ0v) is 11.3. The molecule has 0 saturated heterocycles. The molecule has 1 rings (SSSR count). The van der Waals surface area contributed by atoms with Crippen molar-refractivity contribution in [2.45, 2.75) is 19.9 Å². The normalized spacial score (nSPS) is 11.8. The van der Waals surface area contributed by atoms with E-state index >= 15 is 0 Å². The molecule has 4 N–H and O–H groups in total. The second kappa shape index (κ2) is 6.75. The van der Waals surface area contributed by atoms with E-state index in [1.165, 1.54) is 7.11 Å². The van der Waals surface area contributed by atoms with E-state index in [2.05, 4.69) is 10.9 Å². The van der Waals surface area contributed by atoms with Crippen LogP contribution in [-0.2, 0) is 4.79 Å². The summed E-state index contributed by atoms with van der Waals surface area (Å²) in [4.78, 5) is 23.4. The minimum absolute atomic E-state index is 0.00581. The van der Waals surface area contributed by atoms with Crippen molar-refractivity contribution in [1.29, 1.82) is 0 Å². The molecule has 1 unspecified atom stereocenters. The monoisotopic (exact) mass is 265 g/mol. The minimum Gasteiger partial charge on any atom is -0.497 e. The molecule has 0 fully saturated rings. The Morgan fingerprint density at radius 2 is 1.95 bits per heavy atom. The highest BCUT2D eigenvalue weighted by atomic mass is 16.5. The van der Waals surface area contributed by atoms with E-state index in [-0.39, 0.29) is 5.92 Å². The molecule has 0 aliphatic heterocycles. The molecule has 1 aromatic carbocycles. The first kappa shape index (κ1) is 15.0. The fraction of sp³-hybridized carbons (Fsp3) is 0.385. The maximum Gasteiger partial charge on any atom is 0.269 e. The highest BCUT2D eigenvalue weighted by molar-refractivity contribution is 5.96. The van der Waals surface area contributed by atoms with Crippen LogP contribution in [-0.4, -0.2) is 25.0 Å². The Kier molecular flexibility index (Phi) is 5.32. The van der Waals surface area contributed by atoms with Gasteiger partial charge in [-0.3, -0.25) is 20.4 Å². The quantitative estimate of drug-likeness (QED) is 0.689. The number of amides is 2. The molecule has 104 valence electrons. The third-order valence-electron chi connectivity index (χ3n) is 2.65. The molecule has 0 aliphatic carbocycles. The average molecular weight is 265 g/mol. The van der Waals surface area contributed by atoms with Gasteiger partial charge in [-0.2, -0.15) is 0 Å². The van der Waals surface area contributed by atoms with Gasteiger partial charge in [-0.05, 0) is 24.1 Å². The molecule has 0 spiro atoms. The van der Waals surface area contributed by atoms with Gasteiger partial charge in [0.15, 0.2) is 0 Å². The number of methoxy groups -OCH3 is 1. The molecular weight excluding hydrogens is 246 g/mol. The first-order chi connectivity index (χ1) is 8.95. The standard InChI is InChI=1S/C13H19N3O3/c1-8(2)11(14)13(18)16-15-12(17)9-5-4-6-10(7-9)19-3/h4-8,11H,14H2,1-3H3,(H,15,17)(H,16,18). The molecule has 0 aliphatic rings. The molecule has 0 radical (unpaired) electrons. The van der Waals surface area contributed by atoms with E-state index in [0.29, 0.717) is 11.3 Å². The van der Waals surface area contributed by atoms with Gasteiger partial charge in [-0.1, -0.05) is 19.9 Å². The second-order valence-corrected chi connectivity index (χ2v) is 4.45. The highest BCUT2D eigenvalue weighted by Crippen LogP contribution is 2.11. The van der Waals surface area contributed by atoms with Crippen LogP contribution in [0, 0.1) is 5.92 Å². The van der Waals surface area contributed by atoms with Gasteiger partial charge in [-0.25, -0.2) is 0 Å². The molecule has 6 heteroatoms. The molecule has 0 bridgehead atoms. The molecular formula is C13H19N3O3. The lowest BCUT2D eigenvalue weighted by Crippen LogP contribution is -2.51. The Balaban J connectivity index is 2.58. The maximum absolute atomic E-state index is 11.8. The predicted molar refractivity (Wildman–Crippen MR) is 71.4 cm³/mol. The van der Waals surface area contributed by atoms with Crippen molar-refractivity contribution in [2.75, 3.05) is 7.11 Å². The smallest absolute Gasteiger partial charge is 0.269 e. The summed E-state index contributed by atoms with van der Waals surface area (Å²) in [5.74, 6) is -0.291. The number of nitrogens with two attached hydrogens (primary N) is 1. The summed E-state index contributed by atoms with van der Waals surface area (Å²) in [5.41, 5.74) is 10.6. The van der Waals surface area contributed by atoms with E-state index in [1.807, 2.05) is 13.8 Å².